The van der Waals surface area contributed by atoms with E-state index in [1.165, 1.54) is 24.3 Å². The van der Waals surface area contributed by atoms with Gasteiger partial charge in [-0.1, -0.05) is 27.2 Å². The Kier molecular flexibility index (Phi) is 7.35. The molecule has 0 bridgehead atoms. The number of rotatable bonds is 9. The van der Waals surface area contributed by atoms with Crippen molar-refractivity contribution in [2.24, 2.45) is 5.41 Å². The Balaban J connectivity index is 2.89. The summed E-state index contributed by atoms with van der Waals surface area (Å²) in [4.78, 5) is 35.0. The summed E-state index contributed by atoms with van der Waals surface area (Å²) in [5, 5.41) is 10.6. The van der Waals surface area contributed by atoms with Gasteiger partial charge in [0.25, 0.3) is 5.69 Å². The van der Waals surface area contributed by atoms with Crippen molar-refractivity contribution in [3.63, 3.8) is 0 Å². The SMILES string of the molecule is CCCCOC(=O)C(CC)(CC)C(=O)Oc1ccc([N+](=O)[O-])cc1. The Labute approximate surface area is 141 Å². The first-order valence-corrected chi connectivity index (χ1v) is 8.05. The van der Waals surface area contributed by atoms with Crippen molar-refractivity contribution in [3.05, 3.63) is 34.4 Å². The number of benzene rings is 1. The summed E-state index contributed by atoms with van der Waals surface area (Å²) in [6.45, 7) is 5.69. The van der Waals surface area contributed by atoms with Crippen LogP contribution < -0.4 is 4.74 Å². The van der Waals surface area contributed by atoms with Gasteiger partial charge in [0.2, 0.25) is 0 Å². The maximum Gasteiger partial charge on any atom is 0.328 e. The number of hydrogen-bond donors (Lipinski definition) is 0. The fourth-order valence-electron chi connectivity index (χ4n) is 2.20. The van der Waals surface area contributed by atoms with Gasteiger partial charge in [-0.05, 0) is 31.4 Å². The molecular weight excluding hydrogens is 314 g/mol. The van der Waals surface area contributed by atoms with Crippen molar-refractivity contribution in [1.82, 2.24) is 0 Å². The van der Waals surface area contributed by atoms with Gasteiger partial charge in [-0.3, -0.25) is 19.7 Å². The number of nitro benzene ring substituents is 1. The maximum atomic E-state index is 12.5. The molecule has 0 aliphatic rings. The molecule has 0 fully saturated rings. The largest absolute Gasteiger partial charge is 0.465 e. The zero-order valence-corrected chi connectivity index (χ0v) is 14.2. The van der Waals surface area contributed by atoms with E-state index in [-0.39, 0.29) is 30.9 Å². The molecule has 1 aromatic carbocycles. The number of non-ortho nitro benzene ring substituents is 1. The van der Waals surface area contributed by atoms with Crippen molar-refractivity contribution < 1.29 is 24.0 Å². The van der Waals surface area contributed by atoms with Gasteiger partial charge >= 0.3 is 11.9 Å². The van der Waals surface area contributed by atoms with Gasteiger partial charge in [0.05, 0.1) is 11.5 Å². The molecule has 0 N–H and O–H groups in total. The van der Waals surface area contributed by atoms with Crippen LogP contribution in [-0.2, 0) is 14.3 Å². The molecule has 0 spiro atoms. The van der Waals surface area contributed by atoms with Crippen LogP contribution in [0.5, 0.6) is 5.75 Å². The predicted octanol–water partition coefficient (Wildman–Crippen LogP) is 3.65. The van der Waals surface area contributed by atoms with E-state index in [1.807, 2.05) is 6.92 Å². The van der Waals surface area contributed by atoms with E-state index in [2.05, 4.69) is 0 Å². The van der Waals surface area contributed by atoms with Crippen molar-refractivity contribution >= 4 is 17.6 Å². The number of nitro groups is 1. The number of carbonyl (C=O) groups excluding carboxylic acids is 2. The zero-order chi connectivity index (χ0) is 18.2. The van der Waals surface area contributed by atoms with Gasteiger partial charge in [-0.25, -0.2) is 0 Å². The average Bonchev–Trinajstić information content (AvgIpc) is 2.57. The fraction of sp³-hybridized carbons (Fsp3) is 0.529. The predicted molar refractivity (Wildman–Crippen MR) is 87.6 cm³/mol. The lowest BCUT2D eigenvalue weighted by Crippen LogP contribution is -2.42. The molecule has 0 radical (unpaired) electrons. The maximum absolute atomic E-state index is 12.5. The molecule has 0 saturated carbocycles. The van der Waals surface area contributed by atoms with Crippen LogP contribution >= 0.6 is 0 Å². The van der Waals surface area contributed by atoms with E-state index >= 15 is 0 Å². The quantitative estimate of drug-likeness (QED) is 0.170. The number of carbonyl (C=O) groups is 2. The van der Waals surface area contributed by atoms with Gasteiger partial charge in [-0.15, -0.1) is 0 Å². The van der Waals surface area contributed by atoms with E-state index < -0.39 is 22.3 Å². The molecule has 0 unspecified atom stereocenters. The summed E-state index contributed by atoms with van der Waals surface area (Å²) in [7, 11) is 0. The first-order chi connectivity index (χ1) is 11.4. The van der Waals surface area contributed by atoms with Gasteiger partial charge in [0.15, 0.2) is 5.41 Å². The molecule has 1 aromatic rings. The Morgan fingerprint density at radius 1 is 1.08 bits per heavy atom. The number of ether oxygens (including phenoxy) is 2. The summed E-state index contributed by atoms with van der Waals surface area (Å²) in [6, 6.07) is 5.13. The molecule has 0 amide bonds. The van der Waals surface area contributed by atoms with Crippen molar-refractivity contribution in [2.45, 2.75) is 46.5 Å². The van der Waals surface area contributed by atoms with Gasteiger partial charge in [-0.2, -0.15) is 0 Å². The number of unbranched alkanes of at least 4 members (excludes halogenated alkanes) is 1. The first kappa shape index (κ1) is 19.6. The van der Waals surface area contributed by atoms with Crippen LogP contribution in [0.3, 0.4) is 0 Å². The smallest absolute Gasteiger partial charge is 0.328 e. The number of esters is 2. The van der Waals surface area contributed by atoms with Crippen LogP contribution in [-0.4, -0.2) is 23.5 Å². The number of nitrogens with zero attached hydrogens (tertiary/aromatic N) is 1. The molecule has 132 valence electrons. The zero-order valence-electron chi connectivity index (χ0n) is 14.2. The molecule has 0 aliphatic carbocycles. The molecule has 1 rings (SSSR count). The lowest BCUT2D eigenvalue weighted by atomic mass is 9.82. The minimum absolute atomic E-state index is 0.106. The second-order valence-electron chi connectivity index (χ2n) is 5.42. The third-order valence-corrected chi connectivity index (χ3v) is 3.98. The molecule has 0 saturated heterocycles. The summed E-state index contributed by atoms with van der Waals surface area (Å²) < 4.78 is 10.5. The lowest BCUT2D eigenvalue weighted by molar-refractivity contribution is -0.384. The minimum Gasteiger partial charge on any atom is -0.465 e. The van der Waals surface area contributed by atoms with Gasteiger partial charge < -0.3 is 9.47 Å². The van der Waals surface area contributed by atoms with E-state index in [1.54, 1.807) is 13.8 Å². The van der Waals surface area contributed by atoms with Crippen LogP contribution in [0.1, 0.15) is 46.5 Å². The third-order valence-electron chi connectivity index (χ3n) is 3.98. The lowest BCUT2D eigenvalue weighted by Gasteiger charge is -2.26. The molecule has 0 aromatic heterocycles. The standard InChI is InChI=1S/C17H23NO6/c1-4-7-12-23-15(19)17(5-2,6-3)16(20)24-14-10-8-13(9-11-14)18(21)22/h8-11H,4-7,12H2,1-3H3. The summed E-state index contributed by atoms with van der Waals surface area (Å²) in [5.74, 6) is -1.14. The van der Waals surface area contributed by atoms with E-state index in [0.29, 0.717) is 0 Å². The normalized spacial score (nSPS) is 11.0. The van der Waals surface area contributed by atoms with E-state index in [0.717, 1.165) is 12.8 Å². The van der Waals surface area contributed by atoms with Crippen LogP contribution in [0, 0.1) is 15.5 Å². The average molecular weight is 337 g/mol. The van der Waals surface area contributed by atoms with Gasteiger partial charge in [0, 0.05) is 12.1 Å². The van der Waals surface area contributed by atoms with E-state index in [9.17, 15) is 19.7 Å². The molecule has 0 heterocycles. The first-order valence-electron chi connectivity index (χ1n) is 8.05. The van der Waals surface area contributed by atoms with Gasteiger partial charge in [0.1, 0.15) is 5.75 Å². The molecule has 0 atom stereocenters. The van der Waals surface area contributed by atoms with Crippen LogP contribution in [0.15, 0.2) is 24.3 Å². The Bertz CT molecular complexity index is 577. The molecular formula is C17H23NO6. The third kappa shape index (κ3) is 4.53. The van der Waals surface area contributed by atoms with E-state index in [4.69, 9.17) is 9.47 Å². The van der Waals surface area contributed by atoms with Crippen molar-refractivity contribution in [1.29, 1.82) is 0 Å². The molecule has 7 nitrogen and oxygen atoms in total. The molecule has 24 heavy (non-hydrogen) atoms. The van der Waals surface area contributed by atoms with Crippen molar-refractivity contribution in [3.8, 4) is 5.75 Å². The molecule has 7 heteroatoms. The Morgan fingerprint density at radius 3 is 2.12 bits per heavy atom. The molecule has 0 aliphatic heterocycles. The highest BCUT2D eigenvalue weighted by atomic mass is 16.6. The highest BCUT2D eigenvalue weighted by Crippen LogP contribution is 2.31. The fourth-order valence-corrected chi connectivity index (χ4v) is 2.20. The highest BCUT2D eigenvalue weighted by Gasteiger charge is 2.46. The minimum atomic E-state index is -1.37. The monoisotopic (exact) mass is 337 g/mol. The van der Waals surface area contributed by atoms with Crippen molar-refractivity contribution in [2.75, 3.05) is 6.61 Å². The second-order valence-corrected chi connectivity index (χ2v) is 5.42. The number of hydrogen-bond acceptors (Lipinski definition) is 6. The topological polar surface area (TPSA) is 95.7 Å². The van der Waals surface area contributed by atoms with Crippen LogP contribution in [0.25, 0.3) is 0 Å². The van der Waals surface area contributed by atoms with Crippen LogP contribution in [0.2, 0.25) is 0 Å². The van der Waals surface area contributed by atoms with Crippen LogP contribution in [0.4, 0.5) is 5.69 Å². The Hall–Kier alpha value is -2.44. The Morgan fingerprint density at radius 2 is 1.67 bits per heavy atom. The second kappa shape index (κ2) is 9.00. The summed E-state index contributed by atoms with van der Waals surface area (Å²) in [6.07, 6.45) is 2.11. The highest BCUT2D eigenvalue weighted by molar-refractivity contribution is 6.00. The summed E-state index contributed by atoms with van der Waals surface area (Å²) in [5.41, 5.74) is -1.47. The summed E-state index contributed by atoms with van der Waals surface area (Å²) >= 11 is 0.